The van der Waals surface area contributed by atoms with E-state index < -0.39 is 15.8 Å². The molecule has 1 aromatic rings. The van der Waals surface area contributed by atoms with E-state index in [2.05, 4.69) is 5.32 Å². The molecule has 23 heavy (non-hydrogen) atoms. The number of rotatable bonds is 7. The molecule has 128 valence electrons. The van der Waals surface area contributed by atoms with Crippen molar-refractivity contribution in [1.82, 2.24) is 5.32 Å². The number of esters is 1. The number of ether oxygens (including phenoxy) is 1. The molecule has 7 heteroatoms. The lowest BCUT2D eigenvalue weighted by atomic mass is 10.0. The fraction of sp³-hybridized carbons (Fsp3) is 0.500. The van der Waals surface area contributed by atoms with Gasteiger partial charge in [0.05, 0.1) is 11.3 Å². The molecule has 0 aromatic heterocycles. The molecule has 1 amide bonds. The second kappa shape index (κ2) is 7.59. The van der Waals surface area contributed by atoms with Crippen LogP contribution in [0.25, 0.3) is 0 Å². The summed E-state index contributed by atoms with van der Waals surface area (Å²) in [5.74, 6) is -1.07. The fourth-order valence-electron chi connectivity index (χ4n) is 1.76. The Hall–Kier alpha value is -1.89. The molecule has 0 aliphatic rings. The molecule has 0 aliphatic carbocycles. The minimum Gasteiger partial charge on any atom is -0.452 e. The molecule has 0 atom stereocenters. The van der Waals surface area contributed by atoms with Crippen molar-refractivity contribution in [2.45, 2.75) is 38.5 Å². The van der Waals surface area contributed by atoms with Crippen LogP contribution in [0.3, 0.4) is 0 Å². The molecule has 0 heterocycles. The molecule has 0 spiro atoms. The highest BCUT2D eigenvalue weighted by atomic mass is 32.2. The molecule has 1 aromatic carbocycles. The van der Waals surface area contributed by atoms with Crippen LogP contribution in [0.5, 0.6) is 0 Å². The van der Waals surface area contributed by atoms with Gasteiger partial charge in [-0.2, -0.15) is 0 Å². The van der Waals surface area contributed by atoms with Crippen molar-refractivity contribution in [2.75, 3.05) is 12.9 Å². The Morgan fingerprint density at radius 1 is 1.17 bits per heavy atom. The first-order valence-corrected chi connectivity index (χ1v) is 9.33. The maximum absolute atomic E-state index is 11.9. The van der Waals surface area contributed by atoms with E-state index in [1.54, 1.807) is 12.1 Å². The van der Waals surface area contributed by atoms with Crippen molar-refractivity contribution < 1.29 is 22.7 Å². The summed E-state index contributed by atoms with van der Waals surface area (Å²) in [5, 5.41) is 2.76. The molecule has 1 rings (SSSR count). The van der Waals surface area contributed by atoms with Gasteiger partial charge in [0.2, 0.25) is 0 Å². The van der Waals surface area contributed by atoms with Crippen molar-refractivity contribution >= 4 is 21.7 Å². The van der Waals surface area contributed by atoms with Crippen LogP contribution >= 0.6 is 0 Å². The maximum Gasteiger partial charge on any atom is 0.338 e. The summed E-state index contributed by atoms with van der Waals surface area (Å²) in [6, 6.07) is 6.07. The predicted octanol–water partition coefficient (Wildman–Crippen LogP) is 1.69. The SMILES string of the molecule is CCC(C)(C)NC(=O)COC(=O)c1ccc(CS(C)(=O)=O)cc1. The van der Waals surface area contributed by atoms with Crippen LogP contribution < -0.4 is 5.32 Å². The van der Waals surface area contributed by atoms with Gasteiger partial charge < -0.3 is 10.1 Å². The first-order chi connectivity index (χ1) is 10.5. The van der Waals surface area contributed by atoms with Gasteiger partial charge >= 0.3 is 5.97 Å². The fourth-order valence-corrected chi connectivity index (χ4v) is 2.55. The predicted molar refractivity (Wildman–Crippen MR) is 87.8 cm³/mol. The van der Waals surface area contributed by atoms with E-state index in [1.807, 2.05) is 20.8 Å². The molecule has 1 N–H and O–H groups in total. The molecule has 0 bridgehead atoms. The van der Waals surface area contributed by atoms with Crippen molar-refractivity contribution in [3.05, 3.63) is 35.4 Å². The smallest absolute Gasteiger partial charge is 0.338 e. The van der Waals surface area contributed by atoms with E-state index in [1.165, 1.54) is 12.1 Å². The molecule has 0 aliphatic heterocycles. The average molecular weight is 341 g/mol. The van der Waals surface area contributed by atoms with Gasteiger partial charge in [0.1, 0.15) is 0 Å². The number of carbonyl (C=O) groups excluding carboxylic acids is 2. The number of carbonyl (C=O) groups is 2. The molecule has 0 radical (unpaired) electrons. The maximum atomic E-state index is 11.9. The zero-order valence-electron chi connectivity index (χ0n) is 13.9. The molecule has 0 unspecified atom stereocenters. The summed E-state index contributed by atoms with van der Waals surface area (Å²) >= 11 is 0. The van der Waals surface area contributed by atoms with Crippen molar-refractivity contribution in [2.24, 2.45) is 0 Å². The zero-order chi connectivity index (χ0) is 17.7. The van der Waals surface area contributed by atoms with E-state index in [4.69, 9.17) is 4.74 Å². The second-order valence-electron chi connectivity index (χ2n) is 6.13. The molecule has 0 saturated heterocycles. The summed E-state index contributed by atoms with van der Waals surface area (Å²) in [7, 11) is -3.12. The highest BCUT2D eigenvalue weighted by Crippen LogP contribution is 2.10. The largest absolute Gasteiger partial charge is 0.452 e. The number of hydrogen-bond donors (Lipinski definition) is 1. The number of benzene rings is 1. The van der Waals surface area contributed by atoms with Gasteiger partial charge in [0, 0.05) is 11.8 Å². The topological polar surface area (TPSA) is 89.5 Å². The Balaban J connectivity index is 2.57. The average Bonchev–Trinajstić information content (AvgIpc) is 2.43. The van der Waals surface area contributed by atoms with Gasteiger partial charge in [-0.1, -0.05) is 19.1 Å². The van der Waals surface area contributed by atoms with Gasteiger partial charge in [-0.25, -0.2) is 13.2 Å². The monoisotopic (exact) mass is 341 g/mol. The molecule has 0 saturated carbocycles. The lowest BCUT2D eigenvalue weighted by Crippen LogP contribution is -2.44. The van der Waals surface area contributed by atoms with Crippen LogP contribution in [0, 0.1) is 0 Å². The first kappa shape index (κ1) is 19.2. The third kappa shape index (κ3) is 7.27. The number of hydrogen-bond acceptors (Lipinski definition) is 5. The van der Waals surface area contributed by atoms with Crippen molar-refractivity contribution in [3.8, 4) is 0 Å². The van der Waals surface area contributed by atoms with E-state index in [0.29, 0.717) is 5.56 Å². The highest BCUT2D eigenvalue weighted by molar-refractivity contribution is 7.89. The lowest BCUT2D eigenvalue weighted by Gasteiger charge is -2.24. The highest BCUT2D eigenvalue weighted by Gasteiger charge is 2.19. The molecular formula is C16H23NO5S. The summed E-state index contributed by atoms with van der Waals surface area (Å²) in [6.45, 7) is 5.36. The van der Waals surface area contributed by atoms with Crippen LogP contribution in [-0.4, -0.2) is 38.7 Å². The third-order valence-electron chi connectivity index (χ3n) is 3.31. The molecular weight excluding hydrogens is 318 g/mol. The van der Waals surface area contributed by atoms with E-state index >= 15 is 0 Å². The summed E-state index contributed by atoms with van der Waals surface area (Å²) in [6.07, 6.45) is 1.90. The first-order valence-electron chi connectivity index (χ1n) is 7.27. The number of amides is 1. The minimum atomic E-state index is -3.12. The Bertz CT molecular complexity index is 662. The van der Waals surface area contributed by atoms with Gasteiger partial charge in [0.15, 0.2) is 16.4 Å². The second-order valence-corrected chi connectivity index (χ2v) is 8.27. The summed E-state index contributed by atoms with van der Waals surface area (Å²) < 4.78 is 27.4. The van der Waals surface area contributed by atoms with Gasteiger partial charge in [-0.05, 0) is 38.0 Å². The summed E-state index contributed by atoms with van der Waals surface area (Å²) in [5.41, 5.74) is 0.507. The van der Waals surface area contributed by atoms with Crippen LogP contribution in [0.4, 0.5) is 0 Å². The number of nitrogens with one attached hydrogen (secondary N) is 1. The Morgan fingerprint density at radius 3 is 2.22 bits per heavy atom. The van der Waals surface area contributed by atoms with Crippen LogP contribution in [0.2, 0.25) is 0 Å². The van der Waals surface area contributed by atoms with Crippen LogP contribution in [0.15, 0.2) is 24.3 Å². The normalized spacial score (nSPS) is 11.8. The third-order valence-corrected chi connectivity index (χ3v) is 4.17. The Labute approximate surface area is 137 Å². The zero-order valence-corrected chi connectivity index (χ0v) is 14.7. The summed E-state index contributed by atoms with van der Waals surface area (Å²) in [4.78, 5) is 23.6. The minimum absolute atomic E-state index is 0.0865. The van der Waals surface area contributed by atoms with Crippen molar-refractivity contribution in [3.63, 3.8) is 0 Å². The van der Waals surface area contributed by atoms with Crippen LogP contribution in [0.1, 0.15) is 43.1 Å². The standard InChI is InChI=1S/C16H23NO5S/c1-5-16(2,3)17-14(18)10-22-15(19)13-8-6-12(7-9-13)11-23(4,20)21/h6-9H,5,10-11H2,1-4H3,(H,17,18). The van der Waals surface area contributed by atoms with E-state index in [9.17, 15) is 18.0 Å². The Morgan fingerprint density at radius 2 is 1.74 bits per heavy atom. The lowest BCUT2D eigenvalue weighted by molar-refractivity contribution is -0.125. The van der Waals surface area contributed by atoms with Gasteiger partial charge in [-0.3, -0.25) is 4.79 Å². The van der Waals surface area contributed by atoms with E-state index in [0.717, 1.165) is 12.7 Å². The Kier molecular flexibility index (Phi) is 6.32. The quantitative estimate of drug-likeness (QED) is 0.762. The number of sulfone groups is 1. The van der Waals surface area contributed by atoms with E-state index in [-0.39, 0.29) is 29.4 Å². The van der Waals surface area contributed by atoms with Gasteiger partial charge in [0.25, 0.3) is 5.91 Å². The molecule has 6 nitrogen and oxygen atoms in total. The van der Waals surface area contributed by atoms with Crippen molar-refractivity contribution in [1.29, 1.82) is 0 Å². The molecule has 0 fully saturated rings. The van der Waals surface area contributed by atoms with Gasteiger partial charge in [-0.15, -0.1) is 0 Å². The van der Waals surface area contributed by atoms with Crippen LogP contribution in [-0.2, 0) is 25.1 Å².